The van der Waals surface area contributed by atoms with E-state index in [1.54, 1.807) is 7.11 Å². The van der Waals surface area contributed by atoms with Gasteiger partial charge >= 0.3 is 6.03 Å². The Morgan fingerprint density at radius 2 is 2.10 bits per heavy atom. The zero-order valence-electron chi connectivity index (χ0n) is 12.6. The quantitative estimate of drug-likeness (QED) is 0.867. The van der Waals surface area contributed by atoms with Crippen LogP contribution in [0, 0.1) is 19.3 Å². The number of urea groups is 1. The maximum atomic E-state index is 12.0. The Kier molecular flexibility index (Phi) is 4.65. The molecule has 20 heavy (non-hydrogen) atoms. The molecule has 4 heteroatoms. The first kappa shape index (κ1) is 14.9. The van der Waals surface area contributed by atoms with E-state index >= 15 is 0 Å². The van der Waals surface area contributed by atoms with E-state index in [-0.39, 0.29) is 11.4 Å². The average molecular weight is 276 g/mol. The van der Waals surface area contributed by atoms with Gasteiger partial charge in [0.05, 0.1) is 6.61 Å². The number of carbonyl (C=O) groups is 1. The van der Waals surface area contributed by atoms with E-state index in [1.165, 1.54) is 6.42 Å². The molecular formula is C16H24N2O2. The Hall–Kier alpha value is -1.55. The molecule has 0 atom stereocenters. The Bertz CT molecular complexity index is 481. The molecule has 1 fully saturated rings. The molecule has 2 N–H and O–H groups in total. The van der Waals surface area contributed by atoms with Gasteiger partial charge in [-0.05, 0) is 43.9 Å². The van der Waals surface area contributed by atoms with Crippen LogP contribution in [-0.2, 0) is 4.74 Å². The van der Waals surface area contributed by atoms with Gasteiger partial charge in [-0.1, -0.05) is 18.6 Å². The van der Waals surface area contributed by atoms with Crippen molar-refractivity contribution in [1.82, 2.24) is 5.32 Å². The van der Waals surface area contributed by atoms with Crippen LogP contribution >= 0.6 is 0 Å². The van der Waals surface area contributed by atoms with Crippen molar-refractivity contribution in [3.05, 3.63) is 29.3 Å². The van der Waals surface area contributed by atoms with Crippen molar-refractivity contribution in [3.8, 4) is 0 Å². The molecule has 0 aliphatic heterocycles. The predicted molar refractivity (Wildman–Crippen MR) is 81.1 cm³/mol. The van der Waals surface area contributed by atoms with Gasteiger partial charge in [-0.2, -0.15) is 0 Å². The van der Waals surface area contributed by atoms with Crippen LogP contribution in [0.25, 0.3) is 0 Å². The van der Waals surface area contributed by atoms with E-state index in [1.807, 2.05) is 32.0 Å². The van der Waals surface area contributed by atoms with E-state index in [0.29, 0.717) is 6.54 Å². The highest BCUT2D eigenvalue weighted by Crippen LogP contribution is 2.40. The van der Waals surface area contributed by atoms with E-state index in [9.17, 15) is 4.79 Å². The van der Waals surface area contributed by atoms with Crippen molar-refractivity contribution in [2.45, 2.75) is 33.1 Å². The SMILES string of the molecule is COCC1(CNC(=O)Nc2cc(C)ccc2C)CCC1. The number of anilines is 1. The summed E-state index contributed by atoms with van der Waals surface area (Å²) in [6, 6.07) is 5.91. The highest BCUT2D eigenvalue weighted by Gasteiger charge is 2.37. The third kappa shape index (κ3) is 3.51. The molecule has 2 amide bonds. The van der Waals surface area contributed by atoms with Gasteiger partial charge in [-0.25, -0.2) is 4.79 Å². The molecule has 0 radical (unpaired) electrons. The van der Waals surface area contributed by atoms with Crippen molar-refractivity contribution in [3.63, 3.8) is 0 Å². The summed E-state index contributed by atoms with van der Waals surface area (Å²) >= 11 is 0. The fourth-order valence-electron chi connectivity index (χ4n) is 2.66. The van der Waals surface area contributed by atoms with Crippen LogP contribution < -0.4 is 10.6 Å². The summed E-state index contributed by atoms with van der Waals surface area (Å²) in [6.45, 7) is 5.41. The lowest BCUT2D eigenvalue weighted by Gasteiger charge is -2.41. The first-order valence-corrected chi connectivity index (χ1v) is 7.16. The number of benzene rings is 1. The Balaban J connectivity index is 1.88. The summed E-state index contributed by atoms with van der Waals surface area (Å²) in [5.74, 6) is 0. The smallest absolute Gasteiger partial charge is 0.319 e. The van der Waals surface area contributed by atoms with Gasteiger partial charge in [-0.15, -0.1) is 0 Å². The number of methoxy groups -OCH3 is 1. The van der Waals surface area contributed by atoms with Gasteiger partial charge < -0.3 is 15.4 Å². The first-order chi connectivity index (χ1) is 9.54. The summed E-state index contributed by atoms with van der Waals surface area (Å²) in [6.07, 6.45) is 3.48. The lowest BCUT2D eigenvalue weighted by atomic mass is 9.69. The molecule has 1 saturated carbocycles. The van der Waals surface area contributed by atoms with Crippen molar-refractivity contribution < 1.29 is 9.53 Å². The summed E-state index contributed by atoms with van der Waals surface area (Å²) in [5.41, 5.74) is 3.23. The van der Waals surface area contributed by atoms with Gasteiger partial charge in [0, 0.05) is 24.8 Å². The van der Waals surface area contributed by atoms with Crippen LogP contribution in [0.3, 0.4) is 0 Å². The maximum Gasteiger partial charge on any atom is 0.319 e. The standard InChI is InChI=1S/C16H24N2O2/c1-12-5-6-13(2)14(9-12)18-15(19)17-10-16(11-20-3)7-4-8-16/h5-6,9H,4,7-8,10-11H2,1-3H3,(H2,17,18,19). The minimum absolute atomic E-state index is 0.138. The molecule has 0 bridgehead atoms. The van der Waals surface area contributed by atoms with Crippen LogP contribution in [0.15, 0.2) is 18.2 Å². The summed E-state index contributed by atoms with van der Waals surface area (Å²) in [5, 5.41) is 5.90. The molecule has 0 aromatic heterocycles. The van der Waals surface area contributed by atoms with Crippen LogP contribution in [0.5, 0.6) is 0 Å². The first-order valence-electron chi connectivity index (χ1n) is 7.16. The van der Waals surface area contributed by atoms with E-state index in [4.69, 9.17) is 4.74 Å². The van der Waals surface area contributed by atoms with E-state index < -0.39 is 0 Å². The van der Waals surface area contributed by atoms with Crippen LogP contribution in [0.4, 0.5) is 10.5 Å². The monoisotopic (exact) mass is 276 g/mol. The Labute approximate surface area is 120 Å². The Morgan fingerprint density at radius 1 is 1.35 bits per heavy atom. The lowest BCUT2D eigenvalue weighted by Crippen LogP contribution is -2.46. The zero-order chi connectivity index (χ0) is 14.6. The Morgan fingerprint density at radius 3 is 2.70 bits per heavy atom. The summed E-state index contributed by atoms with van der Waals surface area (Å²) < 4.78 is 5.26. The second-order valence-electron chi connectivity index (χ2n) is 5.91. The summed E-state index contributed by atoms with van der Waals surface area (Å²) in [7, 11) is 1.72. The van der Waals surface area contributed by atoms with E-state index in [2.05, 4.69) is 10.6 Å². The third-order valence-electron chi connectivity index (χ3n) is 4.13. The van der Waals surface area contributed by atoms with Crippen molar-refractivity contribution in [2.75, 3.05) is 25.6 Å². The minimum Gasteiger partial charge on any atom is -0.384 e. The summed E-state index contributed by atoms with van der Waals surface area (Å²) in [4.78, 5) is 12.0. The van der Waals surface area contributed by atoms with Gasteiger partial charge in [0.1, 0.15) is 0 Å². The van der Waals surface area contributed by atoms with Crippen molar-refractivity contribution >= 4 is 11.7 Å². The molecule has 2 rings (SSSR count). The largest absolute Gasteiger partial charge is 0.384 e. The molecule has 1 aliphatic rings. The minimum atomic E-state index is -0.138. The number of carbonyl (C=O) groups excluding carboxylic acids is 1. The molecule has 4 nitrogen and oxygen atoms in total. The topological polar surface area (TPSA) is 50.4 Å². The maximum absolute atomic E-state index is 12.0. The number of amides is 2. The van der Waals surface area contributed by atoms with Gasteiger partial charge in [0.15, 0.2) is 0 Å². The predicted octanol–water partition coefficient (Wildman–Crippen LogP) is 3.24. The van der Waals surface area contributed by atoms with Crippen molar-refractivity contribution in [1.29, 1.82) is 0 Å². The molecule has 0 saturated heterocycles. The number of ether oxygens (including phenoxy) is 1. The second-order valence-corrected chi connectivity index (χ2v) is 5.91. The second kappa shape index (κ2) is 6.27. The third-order valence-corrected chi connectivity index (χ3v) is 4.13. The lowest BCUT2D eigenvalue weighted by molar-refractivity contribution is 0.0203. The van der Waals surface area contributed by atoms with Crippen molar-refractivity contribution in [2.24, 2.45) is 5.41 Å². The molecular weight excluding hydrogens is 252 g/mol. The number of rotatable bonds is 5. The molecule has 0 heterocycles. The molecule has 1 aromatic rings. The molecule has 1 aromatic carbocycles. The number of aryl methyl sites for hydroxylation is 2. The number of hydrogen-bond acceptors (Lipinski definition) is 2. The average Bonchev–Trinajstić information content (AvgIpc) is 2.37. The van der Waals surface area contributed by atoms with Gasteiger partial charge in [0.2, 0.25) is 0 Å². The van der Waals surface area contributed by atoms with Gasteiger partial charge in [0.25, 0.3) is 0 Å². The molecule has 1 aliphatic carbocycles. The molecule has 110 valence electrons. The zero-order valence-corrected chi connectivity index (χ0v) is 12.6. The number of hydrogen-bond donors (Lipinski definition) is 2. The normalized spacial score (nSPS) is 16.4. The fraction of sp³-hybridized carbons (Fsp3) is 0.562. The van der Waals surface area contributed by atoms with Crippen LogP contribution in [0.2, 0.25) is 0 Å². The van der Waals surface area contributed by atoms with E-state index in [0.717, 1.165) is 36.3 Å². The van der Waals surface area contributed by atoms with Crippen LogP contribution in [-0.4, -0.2) is 26.3 Å². The highest BCUT2D eigenvalue weighted by atomic mass is 16.5. The van der Waals surface area contributed by atoms with Gasteiger partial charge in [-0.3, -0.25) is 0 Å². The molecule has 0 spiro atoms. The highest BCUT2D eigenvalue weighted by molar-refractivity contribution is 5.90. The van der Waals surface area contributed by atoms with Crippen LogP contribution in [0.1, 0.15) is 30.4 Å². The molecule has 0 unspecified atom stereocenters. The number of nitrogens with one attached hydrogen (secondary N) is 2. The fourth-order valence-corrected chi connectivity index (χ4v) is 2.66.